The van der Waals surface area contributed by atoms with E-state index in [1.807, 2.05) is 23.6 Å². The zero-order chi connectivity index (χ0) is 16.2. The van der Waals surface area contributed by atoms with Gasteiger partial charge in [0.25, 0.3) is 5.69 Å². The Kier molecular flexibility index (Phi) is 4.03. The fraction of sp³-hybridized carbons (Fsp3) is 0.0667. The molecule has 3 aromatic rings. The quantitative estimate of drug-likeness (QED) is 0.565. The van der Waals surface area contributed by atoms with Gasteiger partial charge in [0.15, 0.2) is 0 Å². The number of nitro groups is 1. The first-order valence-electron chi connectivity index (χ1n) is 6.58. The highest BCUT2D eigenvalue weighted by Crippen LogP contribution is 2.27. The van der Waals surface area contributed by atoms with Gasteiger partial charge in [-0.15, -0.1) is 11.3 Å². The van der Waals surface area contributed by atoms with Gasteiger partial charge in [0.2, 0.25) is 5.89 Å². The molecule has 0 spiro atoms. The number of nitriles is 1. The number of hydrogen-bond acceptors (Lipinski definition) is 7. The second kappa shape index (κ2) is 6.29. The van der Waals surface area contributed by atoms with Crippen molar-refractivity contribution < 1.29 is 9.34 Å². The van der Waals surface area contributed by atoms with Crippen LogP contribution in [-0.2, 0) is 6.54 Å². The summed E-state index contributed by atoms with van der Waals surface area (Å²) < 4.78 is 5.39. The van der Waals surface area contributed by atoms with E-state index in [9.17, 15) is 10.1 Å². The van der Waals surface area contributed by atoms with Crippen molar-refractivity contribution in [2.45, 2.75) is 6.54 Å². The zero-order valence-corrected chi connectivity index (χ0v) is 12.5. The highest BCUT2D eigenvalue weighted by atomic mass is 32.1. The van der Waals surface area contributed by atoms with Gasteiger partial charge in [0.1, 0.15) is 12.0 Å². The van der Waals surface area contributed by atoms with E-state index in [0.29, 0.717) is 17.1 Å². The molecule has 0 fully saturated rings. The van der Waals surface area contributed by atoms with E-state index in [1.54, 1.807) is 0 Å². The van der Waals surface area contributed by atoms with Crippen molar-refractivity contribution in [3.05, 3.63) is 63.3 Å². The number of aromatic nitrogens is 1. The Morgan fingerprint density at radius 2 is 2.30 bits per heavy atom. The monoisotopic (exact) mass is 326 g/mol. The van der Waals surface area contributed by atoms with Crippen LogP contribution < -0.4 is 5.32 Å². The normalized spacial score (nSPS) is 10.2. The van der Waals surface area contributed by atoms with E-state index in [0.717, 1.165) is 4.88 Å². The Hall–Kier alpha value is -3.18. The van der Waals surface area contributed by atoms with E-state index in [4.69, 9.17) is 9.68 Å². The van der Waals surface area contributed by atoms with Crippen LogP contribution in [0.25, 0.3) is 10.8 Å². The minimum Gasteiger partial charge on any atom is -0.443 e. The molecule has 0 aliphatic rings. The lowest BCUT2D eigenvalue weighted by molar-refractivity contribution is -0.384. The number of hydrogen-bond donors (Lipinski definition) is 1. The van der Waals surface area contributed by atoms with Crippen molar-refractivity contribution in [1.29, 1.82) is 5.26 Å². The molecule has 1 aromatic carbocycles. The third-order valence-corrected chi connectivity index (χ3v) is 3.92. The summed E-state index contributed by atoms with van der Waals surface area (Å²) in [7, 11) is 0. The molecule has 0 atom stereocenters. The molecule has 23 heavy (non-hydrogen) atoms. The van der Waals surface area contributed by atoms with E-state index in [2.05, 4.69) is 10.3 Å². The van der Waals surface area contributed by atoms with Crippen molar-refractivity contribution in [1.82, 2.24) is 4.98 Å². The average Bonchev–Trinajstić information content (AvgIpc) is 3.23. The first kappa shape index (κ1) is 14.7. The van der Waals surface area contributed by atoms with Gasteiger partial charge in [-0.05, 0) is 23.6 Å². The summed E-state index contributed by atoms with van der Waals surface area (Å²) in [6.45, 7) is 0.255. The van der Waals surface area contributed by atoms with Gasteiger partial charge in [-0.3, -0.25) is 10.1 Å². The molecule has 0 aliphatic heterocycles. The van der Waals surface area contributed by atoms with Gasteiger partial charge < -0.3 is 9.73 Å². The standard InChI is InChI=1S/C15H10N4O3S/c16-7-10-3-4-13(19(20)21)12(6-10)17-8-11-9-22-15(18-11)14-2-1-5-23-14/h1-6,9,17H,8H2. The lowest BCUT2D eigenvalue weighted by Gasteiger charge is -2.05. The molecular formula is C15H10N4O3S. The van der Waals surface area contributed by atoms with Gasteiger partial charge in [-0.1, -0.05) is 6.07 Å². The Balaban J connectivity index is 1.78. The molecule has 0 aliphatic carbocycles. The van der Waals surface area contributed by atoms with Gasteiger partial charge in [-0.25, -0.2) is 4.98 Å². The number of thiophene rings is 1. The second-order valence-corrected chi connectivity index (χ2v) is 5.52. The second-order valence-electron chi connectivity index (χ2n) is 4.58. The molecule has 1 N–H and O–H groups in total. The number of nitrogens with one attached hydrogen (secondary N) is 1. The van der Waals surface area contributed by atoms with Crippen LogP contribution in [-0.4, -0.2) is 9.91 Å². The van der Waals surface area contributed by atoms with E-state index in [-0.39, 0.29) is 17.9 Å². The lowest BCUT2D eigenvalue weighted by Crippen LogP contribution is -2.03. The van der Waals surface area contributed by atoms with Crippen LogP contribution in [0.3, 0.4) is 0 Å². The first-order chi connectivity index (χ1) is 11.2. The summed E-state index contributed by atoms with van der Waals surface area (Å²) in [6, 6.07) is 9.92. The van der Waals surface area contributed by atoms with Crippen molar-refractivity contribution >= 4 is 22.7 Å². The number of nitro benzene ring substituents is 1. The predicted molar refractivity (Wildman–Crippen MR) is 85.0 cm³/mol. The molecule has 0 saturated heterocycles. The van der Waals surface area contributed by atoms with Crippen LogP contribution in [0.1, 0.15) is 11.3 Å². The molecular weight excluding hydrogens is 316 g/mol. The lowest BCUT2D eigenvalue weighted by atomic mass is 10.2. The van der Waals surface area contributed by atoms with Gasteiger partial charge >= 0.3 is 0 Å². The Labute approximate surface area is 135 Å². The maximum atomic E-state index is 11.0. The SMILES string of the molecule is N#Cc1ccc([N+](=O)[O-])c(NCc2coc(-c3cccs3)n2)c1. The molecule has 0 saturated carbocycles. The predicted octanol–water partition coefficient (Wildman–Crippen LogP) is 3.80. The smallest absolute Gasteiger partial charge is 0.292 e. The minimum absolute atomic E-state index is 0.0917. The molecule has 0 unspecified atom stereocenters. The van der Waals surface area contributed by atoms with Crippen molar-refractivity contribution in [3.8, 4) is 16.8 Å². The average molecular weight is 326 g/mol. The van der Waals surface area contributed by atoms with Gasteiger partial charge in [0.05, 0.1) is 33.7 Å². The maximum Gasteiger partial charge on any atom is 0.292 e. The highest BCUT2D eigenvalue weighted by molar-refractivity contribution is 7.13. The topological polar surface area (TPSA) is 105 Å². The van der Waals surface area contributed by atoms with Gasteiger partial charge in [-0.2, -0.15) is 5.26 Å². The van der Waals surface area contributed by atoms with Crippen LogP contribution in [0.15, 0.2) is 46.4 Å². The number of oxazole rings is 1. The summed E-state index contributed by atoms with van der Waals surface area (Å²) >= 11 is 1.51. The van der Waals surface area contributed by atoms with E-state index >= 15 is 0 Å². The van der Waals surface area contributed by atoms with Crippen LogP contribution in [0.5, 0.6) is 0 Å². The van der Waals surface area contributed by atoms with E-state index < -0.39 is 4.92 Å². The van der Waals surface area contributed by atoms with Crippen LogP contribution in [0.4, 0.5) is 11.4 Å². The molecule has 0 bridgehead atoms. The van der Waals surface area contributed by atoms with Crippen molar-refractivity contribution in [2.24, 2.45) is 0 Å². The number of anilines is 1. The minimum atomic E-state index is -0.497. The molecule has 2 heterocycles. The summed E-state index contributed by atoms with van der Waals surface area (Å²) in [6.07, 6.45) is 1.50. The number of benzene rings is 1. The molecule has 0 amide bonds. The fourth-order valence-corrected chi connectivity index (χ4v) is 2.65. The van der Waals surface area contributed by atoms with Crippen molar-refractivity contribution in [3.63, 3.8) is 0 Å². The fourth-order valence-electron chi connectivity index (χ4n) is 1.99. The summed E-state index contributed by atoms with van der Waals surface area (Å²) in [5.41, 5.74) is 1.14. The summed E-state index contributed by atoms with van der Waals surface area (Å²) in [5, 5.41) is 24.8. The van der Waals surface area contributed by atoms with Crippen LogP contribution in [0, 0.1) is 21.4 Å². The van der Waals surface area contributed by atoms with Crippen molar-refractivity contribution in [2.75, 3.05) is 5.32 Å². The molecule has 7 nitrogen and oxygen atoms in total. The van der Waals surface area contributed by atoms with Crippen LogP contribution >= 0.6 is 11.3 Å². The molecule has 8 heteroatoms. The Bertz CT molecular complexity index is 881. The maximum absolute atomic E-state index is 11.0. The third kappa shape index (κ3) is 3.20. The largest absolute Gasteiger partial charge is 0.443 e. The number of rotatable bonds is 5. The van der Waals surface area contributed by atoms with E-state index in [1.165, 1.54) is 35.8 Å². The third-order valence-electron chi connectivity index (χ3n) is 3.07. The summed E-state index contributed by atoms with van der Waals surface area (Å²) in [4.78, 5) is 15.8. The van der Waals surface area contributed by atoms with Gasteiger partial charge in [0, 0.05) is 6.07 Å². The summed E-state index contributed by atoms with van der Waals surface area (Å²) in [5.74, 6) is 0.511. The Morgan fingerprint density at radius 1 is 1.43 bits per heavy atom. The zero-order valence-electron chi connectivity index (χ0n) is 11.7. The molecule has 114 valence electrons. The molecule has 0 radical (unpaired) electrons. The molecule has 2 aromatic heterocycles. The Morgan fingerprint density at radius 3 is 3.00 bits per heavy atom. The highest BCUT2D eigenvalue weighted by Gasteiger charge is 2.15. The van der Waals surface area contributed by atoms with Crippen LogP contribution in [0.2, 0.25) is 0 Å². The number of nitrogens with zero attached hydrogens (tertiary/aromatic N) is 3. The first-order valence-corrected chi connectivity index (χ1v) is 7.46. The molecule has 3 rings (SSSR count).